The minimum atomic E-state index is -0.308. The predicted molar refractivity (Wildman–Crippen MR) is 142 cm³/mol. The molecule has 3 aromatic rings. The van der Waals surface area contributed by atoms with Gasteiger partial charge >= 0.3 is 0 Å². The fourth-order valence-corrected chi connectivity index (χ4v) is 6.53. The summed E-state index contributed by atoms with van der Waals surface area (Å²) in [5.74, 6) is 0.343. The SMILES string of the molecule is O=C1[C@@H](Cc2cc(Br)c(OCc3ccc(Cl)cc3)c(Br)c2)SC(=S)N1Cc1ccc(F)cc1. The highest BCUT2D eigenvalue weighted by Crippen LogP contribution is 2.38. The second-order valence-electron chi connectivity index (χ2n) is 7.43. The van der Waals surface area contributed by atoms with E-state index in [1.54, 1.807) is 17.0 Å². The maximum atomic E-state index is 13.2. The molecule has 0 aliphatic carbocycles. The summed E-state index contributed by atoms with van der Waals surface area (Å²) < 4.78 is 21.3. The Kier molecular flexibility index (Phi) is 8.12. The molecule has 0 unspecified atom stereocenters. The van der Waals surface area contributed by atoms with E-state index in [9.17, 15) is 9.18 Å². The van der Waals surface area contributed by atoms with Gasteiger partial charge in [-0.2, -0.15) is 0 Å². The number of rotatable bonds is 7. The summed E-state index contributed by atoms with van der Waals surface area (Å²) in [5, 5.41) is 0.373. The van der Waals surface area contributed by atoms with E-state index >= 15 is 0 Å². The van der Waals surface area contributed by atoms with E-state index in [-0.39, 0.29) is 17.0 Å². The third-order valence-corrected chi connectivity index (χ3v) is 8.05. The Morgan fingerprint density at radius 3 is 2.24 bits per heavy atom. The highest BCUT2D eigenvalue weighted by molar-refractivity contribution is 9.11. The van der Waals surface area contributed by atoms with Crippen LogP contribution in [-0.4, -0.2) is 20.4 Å². The van der Waals surface area contributed by atoms with E-state index in [1.165, 1.54) is 23.9 Å². The number of hydrogen-bond acceptors (Lipinski definition) is 4. The standard InChI is InChI=1S/C24H17Br2ClFNO2S2/c25-19-9-16(10-20(26)22(19)31-13-15-1-5-17(27)6-2-15)11-21-23(30)29(24(32)33-21)12-14-3-7-18(28)8-4-14/h1-10,21H,11-13H2/t21-/m1/s1. The van der Waals surface area contributed by atoms with Gasteiger partial charge in [0.05, 0.1) is 20.7 Å². The van der Waals surface area contributed by atoms with Crippen LogP contribution < -0.4 is 4.74 Å². The van der Waals surface area contributed by atoms with Crippen LogP contribution in [-0.2, 0) is 24.4 Å². The van der Waals surface area contributed by atoms with E-state index in [1.807, 2.05) is 36.4 Å². The lowest BCUT2D eigenvalue weighted by Gasteiger charge is -2.16. The zero-order chi connectivity index (χ0) is 23.5. The lowest BCUT2D eigenvalue weighted by Crippen LogP contribution is -2.31. The van der Waals surface area contributed by atoms with Crippen molar-refractivity contribution in [2.75, 3.05) is 0 Å². The molecule has 9 heteroatoms. The van der Waals surface area contributed by atoms with Crippen LogP contribution in [0.2, 0.25) is 5.02 Å². The summed E-state index contributed by atoms with van der Waals surface area (Å²) in [6.07, 6.45) is 0.526. The van der Waals surface area contributed by atoms with Crippen molar-refractivity contribution in [2.45, 2.75) is 24.8 Å². The van der Waals surface area contributed by atoms with Gasteiger partial charge in [0.15, 0.2) is 0 Å². The third kappa shape index (κ3) is 6.17. The fourth-order valence-electron chi connectivity index (χ4n) is 3.36. The van der Waals surface area contributed by atoms with Crippen molar-refractivity contribution in [2.24, 2.45) is 0 Å². The zero-order valence-corrected chi connectivity index (χ0v) is 22.6. The molecule has 1 saturated heterocycles. The maximum absolute atomic E-state index is 13.2. The van der Waals surface area contributed by atoms with Gasteiger partial charge in [-0.1, -0.05) is 59.8 Å². The Balaban J connectivity index is 1.42. The molecule has 1 fully saturated rings. The minimum absolute atomic E-state index is 0.0374. The van der Waals surface area contributed by atoms with E-state index in [4.69, 9.17) is 28.6 Å². The predicted octanol–water partition coefficient (Wildman–Crippen LogP) is 7.55. The molecule has 170 valence electrons. The van der Waals surface area contributed by atoms with Gasteiger partial charge in [0.1, 0.15) is 22.5 Å². The van der Waals surface area contributed by atoms with Crippen molar-refractivity contribution in [1.29, 1.82) is 0 Å². The van der Waals surface area contributed by atoms with Gasteiger partial charge in [0.25, 0.3) is 0 Å². The van der Waals surface area contributed by atoms with Crippen LogP contribution in [0.1, 0.15) is 16.7 Å². The van der Waals surface area contributed by atoms with Gasteiger partial charge in [0.2, 0.25) is 5.91 Å². The Hall–Kier alpha value is -1.45. The fraction of sp³-hybridized carbons (Fsp3) is 0.167. The largest absolute Gasteiger partial charge is 0.487 e. The van der Waals surface area contributed by atoms with E-state index in [0.717, 1.165) is 25.6 Å². The van der Waals surface area contributed by atoms with Crippen LogP contribution in [0.3, 0.4) is 0 Å². The highest BCUT2D eigenvalue weighted by atomic mass is 79.9. The Labute approximate surface area is 222 Å². The Bertz CT molecular complexity index is 1170. The molecule has 1 amide bonds. The summed E-state index contributed by atoms with van der Waals surface area (Å²) in [7, 11) is 0. The lowest BCUT2D eigenvalue weighted by molar-refractivity contribution is -0.126. The van der Waals surface area contributed by atoms with Gasteiger partial charge in [-0.3, -0.25) is 9.69 Å². The molecule has 3 nitrogen and oxygen atoms in total. The molecule has 0 spiro atoms. The van der Waals surface area contributed by atoms with Crippen molar-refractivity contribution in [3.05, 3.63) is 97.1 Å². The number of ether oxygens (including phenoxy) is 1. The summed E-state index contributed by atoms with van der Waals surface area (Å²) >= 11 is 19.9. The number of nitrogens with zero attached hydrogens (tertiary/aromatic N) is 1. The van der Waals surface area contributed by atoms with Gasteiger partial charge in [-0.25, -0.2) is 4.39 Å². The van der Waals surface area contributed by atoms with Crippen LogP contribution in [0.15, 0.2) is 69.6 Å². The molecular formula is C24H17Br2ClFNO2S2. The molecule has 0 bridgehead atoms. The second kappa shape index (κ2) is 10.9. The first-order valence-corrected chi connectivity index (χ1v) is 13.2. The third-order valence-electron chi connectivity index (χ3n) is 5.03. The average molecular weight is 630 g/mol. The summed E-state index contributed by atoms with van der Waals surface area (Å²) in [4.78, 5) is 14.6. The number of amides is 1. The molecule has 3 aromatic carbocycles. The zero-order valence-electron chi connectivity index (χ0n) is 17.1. The molecule has 0 N–H and O–H groups in total. The molecule has 4 rings (SSSR count). The van der Waals surface area contributed by atoms with Crippen molar-refractivity contribution in [3.63, 3.8) is 0 Å². The van der Waals surface area contributed by atoms with Crippen LogP contribution in [0.5, 0.6) is 5.75 Å². The summed E-state index contributed by atoms with van der Waals surface area (Å²) in [5.41, 5.74) is 2.82. The first-order valence-electron chi connectivity index (χ1n) is 9.92. The first-order chi connectivity index (χ1) is 15.8. The number of hydrogen-bond donors (Lipinski definition) is 0. The highest BCUT2D eigenvalue weighted by Gasteiger charge is 2.37. The monoisotopic (exact) mass is 627 g/mol. The molecule has 1 aliphatic rings. The summed E-state index contributed by atoms with van der Waals surface area (Å²) in [6, 6.07) is 17.5. The Morgan fingerprint density at radius 2 is 1.61 bits per heavy atom. The molecule has 0 radical (unpaired) electrons. The van der Waals surface area contributed by atoms with Gasteiger partial charge in [-0.15, -0.1) is 0 Å². The quantitative estimate of drug-likeness (QED) is 0.253. The Morgan fingerprint density at radius 1 is 1.00 bits per heavy atom. The molecule has 1 aliphatic heterocycles. The van der Waals surface area contributed by atoms with Crippen molar-refractivity contribution >= 4 is 77.7 Å². The number of benzene rings is 3. The first kappa shape index (κ1) is 24.7. The number of thiocarbonyl (C=S) groups is 1. The smallest absolute Gasteiger partial charge is 0.242 e. The summed E-state index contributed by atoms with van der Waals surface area (Å²) in [6.45, 7) is 0.740. The molecule has 1 atom stereocenters. The second-order valence-corrected chi connectivity index (χ2v) is 11.4. The number of carbonyl (C=O) groups is 1. The molecule has 0 aromatic heterocycles. The molecule has 33 heavy (non-hydrogen) atoms. The van der Waals surface area contributed by atoms with Gasteiger partial charge in [-0.05, 0) is 91.4 Å². The van der Waals surface area contributed by atoms with Gasteiger partial charge in [0, 0.05) is 5.02 Å². The maximum Gasteiger partial charge on any atom is 0.242 e. The van der Waals surface area contributed by atoms with Crippen molar-refractivity contribution in [1.82, 2.24) is 4.90 Å². The molecule has 1 heterocycles. The van der Waals surface area contributed by atoms with Crippen molar-refractivity contribution in [3.8, 4) is 5.75 Å². The minimum Gasteiger partial charge on any atom is -0.487 e. The average Bonchev–Trinajstić information content (AvgIpc) is 3.03. The van der Waals surface area contributed by atoms with E-state index in [2.05, 4.69) is 31.9 Å². The van der Waals surface area contributed by atoms with Crippen LogP contribution in [0, 0.1) is 5.82 Å². The number of carbonyl (C=O) groups excluding carboxylic acids is 1. The number of halogens is 4. The van der Waals surface area contributed by atoms with Crippen LogP contribution in [0.25, 0.3) is 0 Å². The normalized spacial score (nSPS) is 15.9. The molecule has 0 saturated carbocycles. The van der Waals surface area contributed by atoms with Crippen molar-refractivity contribution < 1.29 is 13.9 Å². The number of thioether (sulfide) groups is 1. The van der Waals surface area contributed by atoms with E-state index < -0.39 is 0 Å². The topological polar surface area (TPSA) is 29.5 Å². The lowest BCUT2D eigenvalue weighted by atomic mass is 10.1. The van der Waals surface area contributed by atoms with Crippen LogP contribution in [0.4, 0.5) is 4.39 Å². The van der Waals surface area contributed by atoms with Gasteiger partial charge < -0.3 is 4.74 Å². The molecular weight excluding hydrogens is 613 g/mol. The van der Waals surface area contributed by atoms with Crippen LogP contribution >= 0.6 is 67.4 Å². The van der Waals surface area contributed by atoms with E-state index in [0.29, 0.717) is 34.7 Å².